The van der Waals surface area contributed by atoms with Crippen molar-refractivity contribution in [2.45, 2.75) is 0 Å². The third-order valence-corrected chi connectivity index (χ3v) is 4.35. The molecule has 2 aromatic carbocycles. The molecular weight excluding hydrogens is 390 g/mol. The van der Waals surface area contributed by atoms with E-state index < -0.39 is 10.9 Å². The largest absolute Gasteiger partial charge is 0.496 e. The van der Waals surface area contributed by atoms with Crippen LogP contribution in [0.4, 0.5) is 5.69 Å². The van der Waals surface area contributed by atoms with Gasteiger partial charge in [-0.1, -0.05) is 18.2 Å². The maximum Gasteiger partial charge on any atom is 0.351 e. The number of cyclic esters (lactones) is 1. The normalized spacial score (nSPS) is 15.4. The van der Waals surface area contributed by atoms with Gasteiger partial charge in [0.1, 0.15) is 16.0 Å². The van der Waals surface area contributed by atoms with Crippen molar-refractivity contribution in [2.75, 3.05) is 7.11 Å². The van der Waals surface area contributed by atoms with Crippen molar-refractivity contribution in [3.05, 3.63) is 80.0 Å². The van der Waals surface area contributed by atoms with Crippen molar-refractivity contribution >= 4 is 39.2 Å². The Labute approximate surface area is 151 Å². The molecule has 0 spiro atoms. The minimum atomic E-state index is -0.505. The van der Waals surface area contributed by atoms with Gasteiger partial charge in [-0.25, -0.2) is 4.79 Å². The van der Waals surface area contributed by atoms with Crippen LogP contribution in [-0.4, -0.2) is 18.0 Å². The number of para-hydroxylation sites is 1. The fraction of sp³-hybridized carbons (Fsp3) is 0.0556. The van der Waals surface area contributed by atoms with E-state index in [4.69, 9.17) is 9.47 Å². The maximum atomic E-state index is 12.0. The highest BCUT2D eigenvalue weighted by Crippen LogP contribution is 2.41. The number of carbonyl (C=O) groups excluding carboxylic acids is 1. The van der Waals surface area contributed by atoms with Crippen LogP contribution in [0.5, 0.6) is 5.75 Å². The first kappa shape index (κ1) is 16.9. The third-order valence-electron chi connectivity index (χ3n) is 3.63. The average Bonchev–Trinajstić information content (AvgIpc) is 2.89. The van der Waals surface area contributed by atoms with Crippen molar-refractivity contribution in [1.82, 2.24) is 0 Å². The van der Waals surface area contributed by atoms with Gasteiger partial charge in [0, 0.05) is 23.3 Å². The Hall–Kier alpha value is -2.93. The van der Waals surface area contributed by atoms with E-state index in [-0.39, 0.29) is 5.69 Å². The lowest BCUT2D eigenvalue weighted by Crippen LogP contribution is -1.94. The molecule has 1 heterocycles. The molecule has 0 fully saturated rings. The Balaban J connectivity index is 2.06. The Morgan fingerprint density at radius 1 is 1.16 bits per heavy atom. The molecule has 25 heavy (non-hydrogen) atoms. The summed E-state index contributed by atoms with van der Waals surface area (Å²) in [6.45, 7) is 0. The van der Waals surface area contributed by atoms with Gasteiger partial charge in [-0.2, -0.15) is 0 Å². The molecule has 7 heteroatoms. The van der Waals surface area contributed by atoms with Crippen LogP contribution in [0, 0.1) is 10.1 Å². The van der Waals surface area contributed by atoms with Gasteiger partial charge in [0.05, 0.1) is 12.0 Å². The van der Waals surface area contributed by atoms with Gasteiger partial charge >= 0.3 is 5.97 Å². The van der Waals surface area contributed by atoms with Crippen LogP contribution in [0.1, 0.15) is 11.1 Å². The second-order valence-electron chi connectivity index (χ2n) is 5.14. The van der Waals surface area contributed by atoms with Crippen LogP contribution in [0.3, 0.4) is 0 Å². The number of esters is 1. The molecule has 0 amide bonds. The minimum Gasteiger partial charge on any atom is -0.496 e. The molecule has 0 aliphatic carbocycles. The highest BCUT2D eigenvalue weighted by atomic mass is 79.9. The van der Waals surface area contributed by atoms with Gasteiger partial charge in [0.2, 0.25) is 0 Å². The van der Waals surface area contributed by atoms with E-state index in [1.165, 1.54) is 12.1 Å². The Bertz CT molecular complexity index is 915. The van der Waals surface area contributed by atoms with Gasteiger partial charge < -0.3 is 9.47 Å². The Kier molecular flexibility index (Phi) is 4.67. The molecule has 2 aromatic rings. The minimum absolute atomic E-state index is 0.00718. The number of hydrogen-bond acceptors (Lipinski definition) is 5. The molecular formula is C18H12BrNO5. The summed E-state index contributed by atoms with van der Waals surface area (Å²) in [5.74, 6) is 0.437. The number of nitro groups is 1. The Morgan fingerprint density at radius 3 is 2.48 bits per heavy atom. The summed E-state index contributed by atoms with van der Waals surface area (Å²) >= 11 is 3.27. The number of hydrogen-bond donors (Lipinski definition) is 0. The molecule has 1 aliphatic heterocycles. The quantitative estimate of drug-likeness (QED) is 0.433. The number of non-ortho nitro benzene ring substituents is 1. The van der Waals surface area contributed by atoms with Gasteiger partial charge in [0.15, 0.2) is 0 Å². The number of halogens is 1. The lowest BCUT2D eigenvalue weighted by Gasteiger charge is -2.10. The van der Waals surface area contributed by atoms with Crippen LogP contribution in [-0.2, 0) is 9.53 Å². The van der Waals surface area contributed by atoms with Crippen LogP contribution >= 0.6 is 15.9 Å². The fourth-order valence-electron chi connectivity index (χ4n) is 2.45. The molecule has 6 nitrogen and oxygen atoms in total. The summed E-state index contributed by atoms with van der Waals surface area (Å²) in [4.78, 5) is 22.3. The number of ether oxygens (including phenoxy) is 2. The van der Waals surface area contributed by atoms with E-state index in [0.29, 0.717) is 32.7 Å². The molecule has 0 radical (unpaired) electrons. The van der Waals surface area contributed by atoms with Gasteiger partial charge in [0.25, 0.3) is 5.69 Å². The van der Waals surface area contributed by atoms with E-state index in [2.05, 4.69) is 15.9 Å². The first-order valence-electron chi connectivity index (χ1n) is 7.23. The van der Waals surface area contributed by atoms with Crippen LogP contribution in [0.2, 0.25) is 0 Å². The zero-order valence-electron chi connectivity index (χ0n) is 13.1. The lowest BCUT2D eigenvalue weighted by atomic mass is 10.0. The number of allylic oxidation sites excluding steroid dienone is 1. The zero-order valence-corrected chi connectivity index (χ0v) is 14.6. The number of nitrogens with zero attached hydrogens (tertiary/aromatic N) is 1. The van der Waals surface area contributed by atoms with E-state index in [9.17, 15) is 14.9 Å². The van der Waals surface area contributed by atoms with Gasteiger partial charge in [-0.15, -0.1) is 0 Å². The summed E-state index contributed by atoms with van der Waals surface area (Å²) in [5.41, 5.74) is 1.94. The highest BCUT2D eigenvalue weighted by molar-refractivity contribution is 9.12. The summed E-state index contributed by atoms with van der Waals surface area (Å²) in [6, 6.07) is 13.2. The van der Waals surface area contributed by atoms with Crippen molar-refractivity contribution in [2.24, 2.45) is 0 Å². The number of benzene rings is 2. The highest BCUT2D eigenvalue weighted by Gasteiger charge is 2.30. The monoisotopic (exact) mass is 401 g/mol. The van der Waals surface area contributed by atoms with Crippen LogP contribution < -0.4 is 4.74 Å². The van der Waals surface area contributed by atoms with E-state index in [1.807, 2.05) is 18.2 Å². The molecule has 3 rings (SSSR count). The summed E-state index contributed by atoms with van der Waals surface area (Å²) in [7, 11) is 1.55. The number of nitro benzene ring substituents is 1. The molecule has 0 N–H and O–H groups in total. The number of methoxy groups -OCH3 is 1. The lowest BCUT2D eigenvalue weighted by molar-refractivity contribution is -0.384. The van der Waals surface area contributed by atoms with Crippen molar-refractivity contribution in [1.29, 1.82) is 0 Å². The molecule has 126 valence electrons. The molecule has 0 bridgehead atoms. The van der Waals surface area contributed by atoms with E-state index >= 15 is 0 Å². The molecule has 0 saturated carbocycles. The van der Waals surface area contributed by atoms with E-state index in [0.717, 1.165) is 0 Å². The van der Waals surface area contributed by atoms with Gasteiger partial charge in [-0.05, 0) is 45.8 Å². The molecule has 0 unspecified atom stereocenters. The van der Waals surface area contributed by atoms with E-state index in [1.54, 1.807) is 31.4 Å². The zero-order chi connectivity index (χ0) is 18.0. The maximum absolute atomic E-state index is 12.0. The second-order valence-corrected chi connectivity index (χ2v) is 5.93. The molecule has 0 aromatic heterocycles. The van der Waals surface area contributed by atoms with Crippen LogP contribution in [0.15, 0.2) is 58.8 Å². The molecule has 1 aliphatic rings. The second kappa shape index (κ2) is 6.90. The predicted molar refractivity (Wildman–Crippen MR) is 96.0 cm³/mol. The predicted octanol–water partition coefficient (Wildman–Crippen LogP) is 4.31. The summed E-state index contributed by atoms with van der Waals surface area (Å²) < 4.78 is 11.0. The number of carbonyl (C=O) groups is 1. The van der Waals surface area contributed by atoms with Crippen molar-refractivity contribution in [3.63, 3.8) is 0 Å². The Morgan fingerprint density at radius 2 is 1.84 bits per heavy atom. The van der Waals surface area contributed by atoms with Crippen molar-refractivity contribution in [3.8, 4) is 5.75 Å². The molecule has 0 atom stereocenters. The smallest absolute Gasteiger partial charge is 0.351 e. The van der Waals surface area contributed by atoms with Crippen LogP contribution in [0.25, 0.3) is 11.6 Å². The molecule has 0 saturated heterocycles. The first-order chi connectivity index (χ1) is 12.0. The summed E-state index contributed by atoms with van der Waals surface area (Å²) in [5, 5.41) is 10.7. The average molecular weight is 402 g/mol. The first-order valence-corrected chi connectivity index (χ1v) is 8.02. The standard InChI is InChI=1S/C18H12BrNO5/c1-24-14-5-3-2-4-13(14)16-15(25-18(21)17(16)19)10-11-6-8-12(9-7-11)20(22)23/h2-10H,1H3/b15-10-. The topological polar surface area (TPSA) is 78.7 Å². The fourth-order valence-corrected chi connectivity index (χ4v) is 2.94. The SMILES string of the molecule is COc1ccccc1C1=C(Br)C(=O)O/C1=C\c1ccc([N+](=O)[O-])cc1. The number of rotatable bonds is 4. The third kappa shape index (κ3) is 3.32. The van der Waals surface area contributed by atoms with Crippen molar-refractivity contribution < 1.29 is 19.2 Å². The summed E-state index contributed by atoms with van der Waals surface area (Å²) in [6.07, 6.45) is 1.65. The van der Waals surface area contributed by atoms with Gasteiger partial charge in [-0.3, -0.25) is 10.1 Å².